The SMILES string of the molecule is O=C1NC(N2CCOCC2)NC(N[C@@H]2C[C@@H]3CN[C@H]2C3)C1c1nc2ccccc2s1. The first kappa shape index (κ1) is 19.1. The monoisotopic (exact) mass is 428 g/mol. The fraction of sp³-hybridized carbons (Fsp3) is 0.619. The first-order valence-corrected chi connectivity index (χ1v) is 11.8. The molecule has 2 aromatic rings. The summed E-state index contributed by atoms with van der Waals surface area (Å²) in [6.07, 6.45) is 2.07. The number of hydrogen-bond acceptors (Lipinski definition) is 8. The average Bonchev–Trinajstić information content (AvgIpc) is 3.49. The van der Waals surface area contributed by atoms with Crippen LogP contribution in [0.25, 0.3) is 10.2 Å². The molecule has 4 N–H and O–H groups in total. The van der Waals surface area contributed by atoms with Gasteiger partial charge < -0.3 is 15.4 Å². The maximum Gasteiger partial charge on any atom is 0.235 e. The molecular weight excluding hydrogens is 400 g/mol. The van der Waals surface area contributed by atoms with Crippen molar-refractivity contribution in [2.24, 2.45) is 5.92 Å². The Hall–Kier alpha value is -1.62. The van der Waals surface area contributed by atoms with E-state index < -0.39 is 0 Å². The van der Waals surface area contributed by atoms with E-state index in [1.807, 2.05) is 18.2 Å². The van der Waals surface area contributed by atoms with Crippen LogP contribution in [0.3, 0.4) is 0 Å². The van der Waals surface area contributed by atoms with Crippen LogP contribution in [-0.4, -0.2) is 73.2 Å². The van der Waals surface area contributed by atoms with Crippen LogP contribution in [-0.2, 0) is 9.53 Å². The summed E-state index contributed by atoms with van der Waals surface area (Å²) in [5.41, 5.74) is 0.959. The maximum absolute atomic E-state index is 13.4. The van der Waals surface area contributed by atoms with E-state index in [1.54, 1.807) is 11.3 Å². The lowest BCUT2D eigenvalue weighted by Crippen LogP contribution is -2.72. The Morgan fingerprint density at radius 1 is 1.20 bits per heavy atom. The van der Waals surface area contributed by atoms with Gasteiger partial charge in [0.15, 0.2) is 0 Å². The van der Waals surface area contributed by atoms with Crippen molar-refractivity contribution in [2.75, 3.05) is 32.8 Å². The number of aromatic nitrogens is 1. The molecule has 6 atom stereocenters. The molecule has 1 aromatic heterocycles. The summed E-state index contributed by atoms with van der Waals surface area (Å²) in [5.74, 6) is 0.442. The third kappa shape index (κ3) is 3.43. The lowest BCUT2D eigenvalue weighted by Gasteiger charge is -2.44. The number of amides is 1. The molecule has 160 valence electrons. The number of nitrogens with zero attached hydrogens (tertiary/aromatic N) is 2. The van der Waals surface area contributed by atoms with E-state index >= 15 is 0 Å². The van der Waals surface area contributed by atoms with Crippen LogP contribution >= 0.6 is 11.3 Å². The smallest absolute Gasteiger partial charge is 0.235 e. The van der Waals surface area contributed by atoms with Crippen molar-refractivity contribution in [3.8, 4) is 0 Å². The summed E-state index contributed by atoms with van der Waals surface area (Å²) in [6.45, 7) is 4.14. The van der Waals surface area contributed by atoms with Gasteiger partial charge in [0.05, 0.1) is 29.6 Å². The highest BCUT2D eigenvalue weighted by molar-refractivity contribution is 7.18. The second-order valence-corrected chi connectivity index (χ2v) is 9.89. The first-order chi connectivity index (χ1) is 14.7. The largest absolute Gasteiger partial charge is 0.379 e. The van der Waals surface area contributed by atoms with Gasteiger partial charge in [0, 0.05) is 25.2 Å². The Morgan fingerprint density at radius 3 is 2.83 bits per heavy atom. The van der Waals surface area contributed by atoms with Gasteiger partial charge in [0.1, 0.15) is 17.2 Å². The van der Waals surface area contributed by atoms with Gasteiger partial charge in [0.25, 0.3) is 0 Å². The molecule has 0 spiro atoms. The van der Waals surface area contributed by atoms with Gasteiger partial charge in [-0.25, -0.2) is 4.98 Å². The number of thiazole rings is 1. The number of ether oxygens (including phenoxy) is 1. The normalized spacial score (nSPS) is 37.0. The molecule has 30 heavy (non-hydrogen) atoms. The van der Waals surface area contributed by atoms with Crippen molar-refractivity contribution in [2.45, 2.75) is 43.3 Å². The van der Waals surface area contributed by atoms with E-state index in [9.17, 15) is 4.79 Å². The summed E-state index contributed by atoms with van der Waals surface area (Å²) in [7, 11) is 0. The number of hydrogen-bond donors (Lipinski definition) is 4. The van der Waals surface area contributed by atoms with Crippen molar-refractivity contribution in [3.63, 3.8) is 0 Å². The van der Waals surface area contributed by atoms with Gasteiger partial charge in [-0.2, -0.15) is 0 Å². The number of benzene rings is 1. The molecule has 0 radical (unpaired) electrons. The minimum Gasteiger partial charge on any atom is -0.379 e. The third-order valence-corrected chi connectivity index (χ3v) is 8.06. The van der Waals surface area contributed by atoms with Gasteiger partial charge in [-0.3, -0.25) is 20.3 Å². The molecule has 8 nitrogen and oxygen atoms in total. The third-order valence-electron chi connectivity index (χ3n) is 6.94. The minimum atomic E-state index is -0.348. The standard InChI is InChI=1S/C21H28N6O2S/c28-19-17(20-24-13-3-1-2-4-16(13)30-20)18(23-15-10-12-9-14(15)22-11-12)25-21(26-19)27-5-7-29-8-6-27/h1-4,12,14-15,17-18,21-23,25H,5-11H2,(H,26,28)/t12-,14+,15-,17?,18?,21?/m1/s1. The molecule has 4 fully saturated rings. The zero-order valence-corrected chi connectivity index (χ0v) is 17.7. The molecule has 9 heteroatoms. The van der Waals surface area contributed by atoms with Crippen LogP contribution in [0.5, 0.6) is 0 Å². The van der Waals surface area contributed by atoms with Gasteiger partial charge in [-0.05, 0) is 37.4 Å². The average molecular weight is 429 g/mol. The van der Waals surface area contributed by atoms with Crippen molar-refractivity contribution in [1.29, 1.82) is 0 Å². The highest BCUT2D eigenvalue weighted by atomic mass is 32.1. The predicted molar refractivity (Wildman–Crippen MR) is 115 cm³/mol. The fourth-order valence-corrected chi connectivity index (χ4v) is 6.51. The van der Waals surface area contributed by atoms with Crippen molar-refractivity contribution in [3.05, 3.63) is 29.3 Å². The number of para-hydroxylation sites is 1. The van der Waals surface area contributed by atoms with Crippen LogP contribution in [0.1, 0.15) is 23.8 Å². The van der Waals surface area contributed by atoms with Gasteiger partial charge >= 0.3 is 0 Å². The van der Waals surface area contributed by atoms with Crippen molar-refractivity contribution in [1.82, 2.24) is 31.2 Å². The highest BCUT2D eigenvalue weighted by Gasteiger charge is 2.45. The van der Waals surface area contributed by atoms with E-state index in [4.69, 9.17) is 9.72 Å². The highest BCUT2D eigenvalue weighted by Crippen LogP contribution is 2.34. The number of carbonyl (C=O) groups excluding carboxylic acids is 1. The molecule has 1 aliphatic carbocycles. The quantitative estimate of drug-likeness (QED) is 0.560. The summed E-state index contributed by atoms with van der Waals surface area (Å²) in [5, 5.41) is 15.2. The number of nitrogens with one attached hydrogen (secondary N) is 4. The van der Waals surface area contributed by atoms with Crippen LogP contribution in [0.15, 0.2) is 24.3 Å². The Morgan fingerprint density at radius 2 is 2.07 bits per heavy atom. The first-order valence-electron chi connectivity index (χ1n) is 11.0. The molecule has 3 unspecified atom stereocenters. The lowest BCUT2D eigenvalue weighted by atomic mass is 10.00. The molecule has 1 amide bonds. The zero-order valence-electron chi connectivity index (χ0n) is 16.8. The summed E-state index contributed by atoms with van der Waals surface area (Å²) < 4.78 is 6.62. The number of piperidine rings is 1. The number of fused-ring (bicyclic) bond motifs is 3. The van der Waals surface area contributed by atoms with Crippen molar-refractivity contribution >= 4 is 27.5 Å². The molecule has 3 aliphatic heterocycles. The molecule has 1 aromatic carbocycles. The molecule has 6 rings (SSSR count). The Kier molecular flexibility index (Phi) is 4.97. The molecular formula is C21H28N6O2S. The minimum absolute atomic E-state index is 0.0397. The van der Waals surface area contributed by atoms with Gasteiger partial charge in [0.2, 0.25) is 5.91 Å². The lowest BCUT2D eigenvalue weighted by molar-refractivity contribution is -0.131. The van der Waals surface area contributed by atoms with Crippen LogP contribution in [0.2, 0.25) is 0 Å². The molecule has 4 aliphatic rings. The Balaban J connectivity index is 1.29. The number of carbonyl (C=O) groups is 1. The Bertz CT molecular complexity index is 898. The van der Waals surface area contributed by atoms with Gasteiger partial charge in [-0.15, -0.1) is 11.3 Å². The molecule has 1 saturated carbocycles. The fourth-order valence-electron chi connectivity index (χ4n) is 5.41. The summed E-state index contributed by atoms with van der Waals surface area (Å²) in [6, 6.07) is 8.99. The number of rotatable bonds is 4. The van der Waals surface area contributed by atoms with Crippen LogP contribution < -0.4 is 21.3 Å². The summed E-state index contributed by atoms with van der Waals surface area (Å²) >= 11 is 1.62. The second kappa shape index (κ2) is 7.81. The van der Waals surface area contributed by atoms with Crippen LogP contribution in [0, 0.1) is 5.92 Å². The van der Waals surface area contributed by atoms with Gasteiger partial charge in [-0.1, -0.05) is 12.1 Å². The summed E-state index contributed by atoms with van der Waals surface area (Å²) in [4.78, 5) is 20.4. The molecule has 3 saturated heterocycles. The predicted octanol–water partition coefficient (Wildman–Crippen LogP) is 0.381. The van der Waals surface area contributed by atoms with E-state index in [0.717, 1.165) is 40.8 Å². The molecule has 2 bridgehead atoms. The second-order valence-electron chi connectivity index (χ2n) is 8.83. The Labute approximate surface area is 179 Å². The number of morpholine rings is 1. The van der Waals surface area contributed by atoms with E-state index in [1.165, 1.54) is 12.8 Å². The van der Waals surface area contributed by atoms with E-state index in [0.29, 0.717) is 25.3 Å². The maximum atomic E-state index is 13.4. The van der Waals surface area contributed by atoms with E-state index in [-0.39, 0.29) is 24.3 Å². The van der Waals surface area contributed by atoms with Crippen LogP contribution in [0.4, 0.5) is 0 Å². The molecule has 4 heterocycles. The topological polar surface area (TPSA) is 90.6 Å². The van der Waals surface area contributed by atoms with E-state index in [2.05, 4.69) is 32.2 Å². The zero-order chi connectivity index (χ0) is 20.1. The van der Waals surface area contributed by atoms with Crippen molar-refractivity contribution < 1.29 is 9.53 Å².